The first-order valence-corrected chi connectivity index (χ1v) is 14.6. The molecule has 0 atom stereocenters. The van der Waals surface area contributed by atoms with Crippen molar-refractivity contribution in [1.29, 1.82) is 0 Å². The molecule has 2 aliphatic rings. The molecule has 1 fully saturated rings. The fraction of sp³-hybridized carbons (Fsp3) is 0.464. The van der Waals surface area contributed by atoms with Crippen molar-refractivity contribution in [3.63, 3.8) is 0 Å². The summed E-state index contributed by atoms with van der Waals surface area (Å²) in [4.78, 5) is 41.9. The Hall–Kier alpha value is -4.08. The number of alkyl halides is 3. The minimum Gasteiger partial charge on any atom is -0.502 e. The number of carbonyl (C=O) groups excluding carboxylic acids is 2. The number of halogens is 5. The lowest BCUT2D eigenvalue weighted by molar-refractivity contribution is -0.162. The van der Waals surface area contributed by atoms with Crippen molar-refractivity contribution < 1.29 is 36.6 Å². The molecule has 1 saturated carbocycles. The van der Waals surface area contributed by atoms with E-state index in [1.165, 1.54) is 21.8 Å². The van der Waals surface area contributed by atoms with Gasteiger partial charge in [0.25, 0.3) is 5.91 Å². The van der Waals surface area contributed by atoms with Gasteiger partial charge >= 0.3 is 6.18 Å². The van der Waals surface area contributed by atoms with Gasteiger partial charge < -0.3 is 14.9 Å². The minimum atomic E-state index is -4.53. The van der Waals surface area contributed by atoms with E-state index >= 15 is 0 Å². The summed E-state index contributed by atoms with van der Waals surface area (Å²) in [6, 6.07) is 3.14. The van der Waals surface area contributed by atoms with Gasteiger partial charge in [-0.05, 0) is 44.2 Å². The summed E-state index contributed by atoms with van der Waals surface area (Å²) in [5.41, 5.74) is -2.02. The highest BCUT2D eigenvalue weighted by molar-refractivity contribution is 7.14. The van der Waals surface area contributed by atoms with Gasteiger partial charge in [-0.25, -0.2) is 8.78 Å². The van der Waals surface area contributed by atoms with Crippen LogP contribution in [-0.2, 0) is 11.2 Å². The van der Waals surface area contributed by atoms with E-state index in [1.807, 2.05) is 0 Å². The minimum absolute atomic E-state index is 0.0208. The molecule has 1 aromatic carbocycles. The number of nitrogens with zero attached hydrogens (tertiary/aromatic N) is 6. The van der Waals surface area contributed by atoms with Gasteiger partial charge in [0.15, 0.2) is 16.5 Å². The second kappa shape index (κ2) is 11.4. The van der Waals surface area contributed by atoms with Crippen LogP contribution in [0.2, 0.25) is 0 Å². The van der Waals surface area contributed by atoms with Crippen LogP contribution in [0, 0.1) is 17.6 Å². The van der Waals surface area contributed by atoms with E-state index in [4.69, 9.17) is 0 Å². The third-order valence-electron chi connectivity index (χ3n) is 8.34. The smallest absolute Gasteiger partial charge is 0.406 e. The van der Waals surface area contributed by atoms with Gasteiger partial charge in [-0.15, -0.1) is 10.2 Å². The lowest BCUT2D eigenvalue weighted by Gasteiger charge is -2.56. The number of pyridine rings is 1. The molecule has 0 unspecified atom stereocenters. The summed E-state index contributed by atoms with van der Waals surface area (Å²) in [5.74, 6) is -4.19. The van der Waals surface area contributed by atoms with Gasteiger partial charge in [0.05, 0.1) is 5.56 Å². The number of hydrogen-bond donors (Lipinski definition) is 1. The maximum atomic E-state index is 14.2. The van der Waals surface area contributed by atoms with Crippen molar-refractivity contribution in [3.05, 3.63) is 62.5 Å². The Balaban J connectivity index is 1.45. The second-order valence-corrected chi connectivity index (χ2v) is 12.0. The summed E-state index contributed by atoms with van der Waals surface area (Å²) in [6.07, 6.45) is -2.28. The van der Waals surface area contributed by atoms with Crippen LogP contribution in [0.15, 0.2) is 29.2 Å². The third kappa shape index (κ3) is 5.50. The number of benzene rings is 1. The van der Waals surface area contributed by atoms with E-state index in [9.17, 15) is 41.4 Å². The molecule has 2 aromatic heterocycles. The lowest BCUT2D eigenvalue weighted by atomic mass is 9.79. The van der Waals surface area contributed by atoms with E-state index in [-0.39, 0.29) is 60.5 Å². The first kappa shape index (κ1) is 31.3. The third-order valence-corrected chi connectivity index (χ3v) is 9.30. The Morgan fingerprint density at radius 2 is 1.86 bits per heavy atom. The van der Waals surface area contributed by atoms with Crippen LogP contribution in [0.3, 0.4) is 0 Å². The molecule has 0 saturated heterocycles. The molecule has 236 valence electrons. The molecule has 1 aliphatic carbocycles. The van der Waals surface area contributed by atoms with Gasteiger partial charge in [-0.2, -0.15) is 13.2 Å². The summed E-state index contributed by atoms with van der Waals surface area (Å²) < 4.78 is 67.5. The molecule has 0 bridgehead atoms. The van der Waals surface area contributed by atoms with Crippen LogP contribution < -0.4 is 10.4 Å². The Morgan fingerprint density at radius 3 is 2.48 bits per heavy atom. The molecular formula is C28H29F5N6O4S. The number of amides is 2. The first-order valence-electron chi connectivity index (χ1n) is 13.8. The molecule has 1 N–H and O–H groups in total. The van der Waals surface area contributed by atoms with Crippen molar-refractivity contribution in [2.45, 2.75) is 50.9 Å². The van der Waals surface area contributed by atoms with Gasteiger partial charge in [0, 0.05) is 45.2 Å². The van der Waals surface area contributed by atoms with E-state index < -0.39 is 58.9 Å². The largest absolute Gasteiger partial charge is 0.502 e. The Morgan fingerprint density at radius 1 is 1.18 bits per heavy atom. The van der Waals surface area contributed by atoms with Crippen molar-refractivity contribution in [3.8, 4) is 16.3 Å². The lowest BCUT2D eigenvalue weighted by Crippen LogP contribution is -2.70. The molecule has 2 amide bonds. The summed E-state index contributed by atoms with van der Waals surface area (Å²) in [7, 11) is 2.77. The van der Waals surface area contributed by atoms with Gasteiger partial charge in [0.2, 0.25) is 11.3 Å². The predicted octanol–water partition coefficient (Wildman–Crippen LogP) is 3.89. The number of fused-ring (bicyclic) bond motifs is 1. The van der Waals surface area contributed by atoms with Crippen LogP contribution in [0.4, 0.5) is 22.0 Å². The molecule has 5 rings (SSSR count). The van der Waals surface area contributed by atoms with Gasteiger partial charge in [0.1, 0.15) is 28.8 Å². The van der Waals surface area contributed by atoms with E-state index in [2.05, 4.69) is 10.2 Å². The van der Waals surface area contributed by atoms with Crippen molar-refractivity contribution in [2.75, 3.05) is 32.2 Å². The van der Waals surface area contributed by atoms with Crippen LogP contribution in [0.25, 0.3) is 10.6 Å². The normalized spacial score (nSPS) is 20.3. The first-order chi connectivity index (χ1) is 20.7. The highest BCUT2D eigenvalue weighted by Crippen LogP contribution is 2.43. The van der Waals surface area contributed by atoms with Crippen molar-refractivity contribution >= 4 is 23.2 Å². The van der Waals surface area contributed by atoms with Crippen molar-refractivity contribution in [1.82, 2.24) is 24.7 Å². The molecule has 1 spiro atoms. The maximum absolute atomic E-state index is 14.2. The van der Waals surface area contributed by atoms with Gasteiger partial charge in [-0.3, -0.25) is 24.1 Å². The number of rotatable bonds is 6. The predicted molar refractivity (Wildman–Crippen MR) is 150 cm³/mol. The standard InChI is InChI=1S/C28H29F5N6O4S/c1-4-38-26(43)21-23(41)22(40)18(24-35-34-20(44-24)11-16-5-6-17(29)12-19(16)30)13-39(21)37(3)27(38)9-7-15(8-10-27)25(42)36(2)14-28(31,32)33/h5-6,12-13,15,41H,4,7-11,14H2,1-3H3. The Bertz CT molecular complexity index is 1670. The fourth-order valence-electron chi connectivity index (χ4n) is 6.15. The highest BCUT2D eigenvalue weighted by atomic mass is 32.1. The second-order valence-electron chi connectivity index (χ2n) is 11.0. The molecular weight excluding hydrogens is 611 g/mol. The highest BCUT2D eigenvalue weighted by Gasteiger charge is 2.52. The molecule has 0 radical (unpaired) electrons. The monoisotopic (exact) mass is 640 g/mol. The van der Waals surface area contributed by atoms with Gasteiger partial charge in [-0.1, -0.05) is 17.4 Å². The number of carbonyl (C=O) groups is 2. The van der Waals surface area contributed by atoms with E-state index in [0.717, 1.165) is 30.5 Å². The molecule has 10 nitrogen and oxygen atoms in total. The summed E-state index contributed by atoms with van der Waals surface area (Å²) in [6.45, 7) is 0.570. The van der Waals surface area contributed by atoms with E-state index in [0.29, 0.717) is 9.91 Å². The fourth-order valence-corrected chi connectivity index (χ4v) is 7.02. The SMILES string of the molecule is CCN1C(=O)c2c(O)c(=O)c(-c3nnc(Cc4ccc(F)cc4F)s3)cn2N(C)C12CCC(C(=O)N(C)CC(F)(F)F)CC2. The van der Waals surface area contributed by atoms with Crippen LogP contribution in [0.5, 0.6) is 5.75 Å². The Kier molecular flexibility index (Phi) is 8.16. The zero-order chi connectivity index (χ0) is 32.1. The topological polar surface area (TPSA) is 112 Å². The zero-order valence-electron chi connectivity index (χ0n) is 24.0. The quantitative estimate of drug-likeness (QED) is 0.407. The van der Waals surface area contributed by atoms with Crippen LogP contribution in [0.1, 0.15) is 53.7 Å². The Labute approximate surface area is 252 Å². The number of hydrogen-bond acceptors (Lipinski definition) is 8. The van der Waals surface area contributed by atoms with E-state index in [1.54, 1.807) is 19.0 Å². The molecule has 1 aliphatic heterocycles. The van der Waals surface area contributed by atoms with Crippen LogP contribution >= 0.6 is 11.3 Å². The molecule has 44 heavy (non-hydrogen) atoms. The zero-order valence-corrected chi connectivity index (χ0v) is 24.8. The number of aromatic hydroxyl groups is 1. The molecule has 16 heteroatoms. The summed E-state index contributed by atoms with van der Waals surface area (Å²) >= 11 is 0.968. The average Bonchev–Trinajstić information content (AvgIpc) is 3.42. The number of aromatic nitrogens is 3. The maximum Gasteiger partial charge on any atom is 0.406 e. The average molecular weight is 641 g/mol. The summed E-state index contributed by atoms with van der Waals surface area (Å²) in [5, 5.41) is 21.1. The molecule has 3 aromatic rings. The van der Waals surface area contributed by atoms with Crippen molar-refractivity contribution in [2.24, 2.45) is 5.92 Å². The van der Waals surface area contributed by atoms with Crippen LogP contribution in [-0.4, -0.2) is 80.6 Å². The molecule has 3 heterocycles.